The van der Waals surface area contributed by atoms with Gasteiger partial charge in [0.15, 0.2) is 0 Å². The van der Waals surface area contributed by atoms with Crippen molar-refractivity contribution in [1.82, 2.24) is 15.2 Å². The van der Waals surface area contributed by atoms with Crippen molar-refractivity contribution >= 4 is 17.7 Å². The molecule has 0 aromatic carbocycles. The van der Waals surface area contributed by atoms with Crippen molar-refractivity contribution in [2.75, 3.05) is 12.3 Å². The first kappa shape index (κ1) is 12.3. The van der Waals surface area contributed by atoms with Crippen LogP contribution < -0.4 is 5.73 Å². The Hall–Kier alpha value is -2.12. The fourth-order valence-corrected chi connectivity index (χ4v) is 2.18. The molecule has 1 aromatic heterocycles. The Balaban J connectivity index is 2.10. The van der Waals surface area contributed by atoms with E-state index in [9.17, 15) is 9.59 Å². The molecule has 1 aromatic rings. The maximum Gasteiger partial charge on any atom is 0.306 e. The van der Waals surface area contributed by atoms with Crippen molar-refractivity contribution in [2.24, 2.45) is 5.92 Å². The number of carboxylic acids is 1. The summed E-state index contributed by atoms with van der Waals surface area (Å²) in [4.78, 5) is 24.6. The molecule has 0 saturated carbocycles. The number of hydrogen-bond acceptors (Lipinski definition) is 6. The molecular weight excluding hydrogens is 240 g/mol. The van der Waals surface area contributed by atoms with Crippen molar-refractivity contribution in [3.63, 3.8) is 0 Å². The van der Waals surface area contributed by atoms with Gasteiger partial charge in [-0.1, -0.05) is 0 Å². The topological polar surface area (TPSA) is 123 Å². The van der Waals surface area contributed by atoms with Crippen LogP contribution in [0.4, 0.5) is 5.82 Å². The third kappa shape index (κ3) is 2.13. The summed E-state index contributed by atoms with van der Waals surface area (Å²) in [5.41, 5.74) is 5.44. The fraction of sp³-hybridized carbons (Fsp3) is 0.600. The molecule has 0 spiro atoms. The van der Waals surface area contributed by atoms with E-state index >= 15 is 0 Å². The zero-order chi connectivity index (χ0) is 13.3. The van der Waals surface area contributed by atoms with Crippen LogP contribution >= 0.6 is 0 Å². The standard InChI is InChI=1S/C10H14N4O4/c1-5-4-6(10(16)17)2-3-14(5)9(15)7-8(11)13-18-12-7/h5-6H,2-4H2,1H3,(H2,11,13)(H,16,17). The smallest absolute Gasteiger partial charge is 0.306 e. The normalized spacial score (nSPS) is 23.9. The Bertz CT molecular complexity index is 472. The first-order chi connectivity index (χ1) is 8.50. The van der Waals surface area contributed by atoms with E-state index < -0.39 is 11.9 Å². The highest BCUT2D eigenvalue weighted by molar-refractivity contribution is 5.96. The van der Waals surface area contributed by atoms with E-state index in [1.54, 1.807) is 11.8 Å². The van der Waals surface area contributed by atoms with Gasteiger partial charge in [0.2, 0.25) is 11.5 Å². The molecule has 1 saturated heterocycles. The number of piperidine rings is 1. The quantitative estimate of drug-likeness (QED) is 0.760. The van der Waals surface area contributed by atoms with Crippen molar-refractivity contribution < 1.29 is 19.3 Å². The predicted molar refractivity (Wildman–Crippen MR) is 59.6 cm³/mol. The molecule has 2 heterocycles. The average molecular weight is 254 g/mol. The fourth-order valence-electron chi connectivity index (χ4n) is 2.18. The number of aliphatic carboxylic acids is 1. The van der Waals surface area contributed by atoms with Gasteiger partial charge < -0.3 is 15.7 Å². The summed E-state index contributed by atoms with van der Waals surface area (Å²) in [6.45, 7) is 2.17. The van der Waals surface area contributed by atoms with Crippen LogP contribution in [0, 0.1) is 5.92 Å². The highest BCUT2D eigenvalue weighted by atomic mass is 16.6. The largest absolute Gasteiger partial charge is 0.481 e. The number of carboxylic acid groups (broad SMARTS) is 1. The Labute approximate surface area is 103 Å². The number of hydrogen-bond donors (Lipinski definition) is 2. The minimum atomic E-state index is -0.823. The van der Waals surface area contributed by atoms with Crippen molar-refractivity contribution in [3.05, 3.63) is 5.69 Å². The highest BCUT2D eigenvalue weighted by Gasteiger charge is 2.34. The SMILES string of the molecule is CC1CC(C(=O)O)CCN1C(=O)c1nonc1N. The number of nitrogens with zero attached hydrogens (tertiary/aromatic N) is 3. The van der Waals surface area contributed by atoms with E-state index in [4.69, 9.17) is 10.8 Å². The molecule has 1 aliphatic heterocycles. The molecule has 2 unspecified atom stereocenters. The number of rotatable bonds is 2. The minimum absolute atomic E-state index is 0.0179. The molecule has 98 valence electrons. The van der Waals surface area contributed by atoms with Gasteiger partial charge in [-0.3, -0.25) is 9.59 Å². The molecular formula is C10H14N4O4. The summed E-state index contributed by atoms with van der Waals surface area (Å²) in [5.74, 6) is -1.65. The first-order valence-corrected chi connectivity index (χ1v) is 5.62. The number of carbonyl (C=O) groups excluding carboxylic acids is 1. The maximum atomic E-state index is 12.1. The lowest BCUT2D eigenvalue weighted by Gasteiger charge is -2.35. The van der Waals surface area contributed by atoms with E-state index in [0.29, 0.717) is 19.4 Å². The van der Waals surface area contributed by atoms with Gasteiger partial charge in [-0.25, -0.2) is 4.63 Å². The zero-order valence-corrected chi connectivity index (χ0v) is 9.87. The third-order valence-electron chi connectivity index (χ3n) is 3.20. The lowest BCUT2D eigenvalue weighted by atomic mass is 9.91. The Kier molecular flexibility index (Phi) is 3.17. The van der Waals surface area contributed by atoms with Crippen LogP contribution in [0.1, 0.15) is 30.3 Å². The molecule has 1 fully saturated rings. The second kappa shape index (κ2) is 4.63. The Morgan fingerprint density at radius 1 is 1.50 bits per heavy atom. The van der Waals surface area contributed by atoms with Gasteiger partial charge in [-0.15, -0.1) is 0 Å². The number of likely N-dealkylation sites (tertiary alicyclic amines) is 1. The van der Waals surface area contributed by atoms with Crippen LogP contribution in [0.25, 0.3) is 0 Å². The van der Waals surface area contributed by atoms with E-state index in [1.165, 1.54) is 0 Å². The Morgan fingerprint density at radius 3 is 2.72 bits per heavy atom. The van der Waals surface area contributed by atoms with E-state index in [0.717, 1.165) is 0 Å². The summed E-state index contributed by atoms with van der Waals surface area (Å²) >= 11 is 0. The monoisotopic (exact) mass is 254 g/mol. The van der Waals surface area contributed by atoms with Crippen molar-refractivity contribution in [2.45, 2.75) is 25.8 Å². The van der Waals surface area contributed by atoms with Crippen molar-refractivity contribution in [1.29, 1.82) is 0 Å². The van der Waals surface area contributed by atoms with Gasteiger partial charge >= 0.3 is 5.97 Å². The third-order valence-corrected chi connectivity index (χ3v) is 3.20. The number of aromatic nitrogens is 2. The number of nitrogens with two attached hydrogens (primary N) is 1. The number of nitrogen functional groups attached to an aromatic ring is 1. The second-order valence-electron chi connectivity index (χ2n) is 4.41. The van der Waals surface area contributed by atoms with Gasteiger partial charge in [0.1, 0.15) is 0 Å². The summed E-state index contributed by atoms with van der Waals surface area (Å²) in [6.07, 6.45) is 0.850. The summed E-state index contributed by atoms with van der Waals surface area (Å²) in [7, 11) is 0. The van der Waals surface area contributed by atoms with Crippen LogP contribution in [-0.4, -0.2) is 44.8 Å². The molecule has 0 aliphatic carbocycles. The van der Waals surface area contributed by atoms with Gasteiger partial charge in [-0.05, 0) is 30.1 Å². The summed E-state index contributed by atoms with van der Waals surface area (Å²) < 4.78 is 4.39. The van der Waals surface area contributed by atoms with Gasteiger partial charge in [-0.2, -0.15) is 0 Å². The first-order valence-electron chi connectivity index (χ1n) is 5.62. The number of anilines is 1. The molecule has 1 amide bonds. The van der Waals surface area contributed by atoms with E-state index in [1.807, 2.05) is 0 Å². The van der Waals surface area contributed by atoms with Crippen LogP contribution in [-0.2, 0) is 4.79 Å². The molecule has 8 nitrogen and oxygen atoms in total. The Morgan fingerprint density at radius 2 is 2.22 bits per heavy atom. The zero-order valence-electron chi connectivity index (χ0n) is 9.87. The average Bonchev–Trinajstić information content (AvgIpc) is 2.74. The highest BCUT2D eigenvalue weighted by Crippen LogP contribution is 2.25. The van der Waals surface area contributed by atoms with E-state index in [2.05, 4.69) is 14.9 Å². The van der Waals surface area contributed by atoms with Crippen LogP contribution in [0.5, 0.6) is 0 Å². The molecule has 3 N–H and O–H groups in total. The molecule has 2 rings (SSSR count). The van der Waals surface area contributed by atoms with Crippen molar-refractivity contribution in [3.8, 4) is 0 Å². The molecule has 2 atom stereocenters. The van der Waals surface area contributed by atoms with Gasteiger partial charge in [0.05, 0.1) is 5.92 Å². The van der Waals surface area contributed by atoms with Crippen LogP contribution in [0.2, 0.25) is 0 Å². The summed E-state index contributed by atoms with van der Waals surface area (Å²) in [6, 6.07) is -0.177. The predicted octanol–water partition coefficient (Wildman–Crippen LogP) is -0.0229. The molecule has 8 heteroatoms. The van der Waals surface area contributed by atoms with Gasteiger partial charge in [0, 0.05) is 12.6 Å². The minimum Gasteiger partial charge on any atom is -0.481 e. The second-order valence-corrected chi connectivity index (χ2v) is 4.41. The molecule has 18 heavy (non-hydrogen) atoms. The summed E-state index contributed by atoms with van der Waals surface area (Å²) in [5, 5.41) is 15.8. The van der Waals surface area contributed by atoms with Crippen LogP contribution in [0.3, 0.4) is 0 Å². The maximum absolute atomic E-state index is 12.1. The van der Waals surface area contributed by atoms with Gasteiger partial charge in [0.25, 0.3) is 5.91 Å². The molecule has 0 radical (unpaired) electrons. The lowest BCUT2D eigenvalue weighted by molar-refractivity contribution is -0.143. The lowest BCUT2D eigenvalue weighted by Crippen LogP contribution is -2.46. The van der Waals surface area contributed by atoms with E-state index in [-0.39, 0.29) is 23.5 Å². The molecule has 0 bridgehead atoms. The van der Waals surface area contributed by atoms with Crippen LogP contribution in [0.15, 0.2) is 4.63 Å². The molecule has 1 aliphatic rings. The number of amides is 1. The number of carbonyl (C=O) groups is 2.